The van der Waals surface area contributed by atoms with E-state index in [-0.39, 0.29) is 17.8 Å². The van der Waals surface area contributed by atoms with Crippen molar-refractivity contribution in [2.45, 2.75) is 66.0 Å². The van der Waals surface area contributed by atoms with Gasteiger partial charge in [-0.05, 0) is 64.4 Å². The van der Waals surface area contributed by atoms with E-state index in [1.165, 1.54) is 5.56 Å². The fourth-order valence-electron chi connectivity index (χ4n) is 3.82. The summed E-state index contributed by atoms with van der Waals surface area (Å²) in [5.74, 6) is 1.06. The van der Waals surface area contributed by atoms with E-state index in [0.29, 0.717) is 17.8 Å². The monoisotopic (exact) mass is 411 g/mol. The van der Waals surface area contributed by atoms with E-state index in [9.17, 15) is 4.79 Å². The Hall–Kier alpha value is -2.33. The Morgan fingerprint density at radius 3 is 2.10 bits per heavy atom. The number of hydrogen-bond acceptors (Lipinski definition) is 4. The summed E-state index contributed by atoms with van der Waals surface area (Å²) in [5, 5.41) is 0. The van der Waals surface area contributed by atoms with Gasteiger partial charge in [0.25, 0.3) is 0 Å². The van der Waals surface area contributed by atoms with Crippen LogP contribution in [0.5, 0.6) is 11.5 Å². The normalized spacial score (nSPS) is 12.6. The molecule has 2 aromatic rings. The molecule has 164 valence electrons. The van der Waals surface area contributed by atoms with Gasteiger partial charge in [-0.25, -0.2) is 0 Å². The molecule has 0 unspecified atom stereocenters. The smallest absolute Gasteiger partial charge is 0.313 e. The molecule has 1 atom stereocenters. The van der Waals surface area contributed by atoms with Crippen LogP contribution >= 0.6 is 0 Å². The third kappa shape index (κ3) is 6.33. The molecule has 30 heavy (non-hydrogen) atoms. The molecule has 0 N–H and O–H groups in total. The highest BCUT2D eigenvalue weighted by atomic mass is 16.5. The standard InChI is InChI=1S/C26H37NO3/c1-18(2)26(28)30-25-14-13-22(29-7)17-24(25)23(21-11-9-8-10-12-21)15-16-27(19(3)4)20(5)6/h8-14,17-20,23H,15-16H2,1-7H3/t23-/m1/s1. The van der Waals surface area contributed by atoms with E-state index in [0.717, 1.165) is 24.3 Å². The lowest BCUT2D eigenvalue weighted by atomic mass is 9.87. The zero-order chi connectivity index (χ0) is 22.3. The van der Waals surface area contributed by atoms with Crippen LogP contribution in [0.3, 0.4) is 0 Å². The van der Waals surface area contributed by atoms with Gasteiger partial charge in [0.1, 0.15) is 11.5 Å². The zero-order valence-corrected chi connectivity index (χ0v) is 19.5. The minimum Gasteiger partial charge on any atom is -0.497 e. The topological polar surface area (TPSA) is 38.8 Å². The van der Waals surface area contributed by atoms with Gasteiger partial charge in [0, 0.05) is 23.6 Å². The van der Waals surface area contributed by atoms with Crippen molar-refractivity contribution in [2.75, 3.05) is 13.7 Å². The van der Waals surface area contributed by atoms with Gasteiger partial charge in [0.2, 0.25) is 0 Å². The Bertz CT molecular complexity index is 791. The number of benzene rings is 2. The first-order valence-corrected chi connectivity index (χ1v) is 10.9. The molecule has 4 heteroatoms. The maximum Gasteiger partial charge on any atom is 0.313 e. The molecule has 0 aliphatic heterocycles. The number of rotatable bonds is 10. The summed E-state index contributed by atoms with van der Waals surface area (Å²) in [5.41, 5.74) is 2.20. The van der Waals surface area contributed by atoms with E-state index in [1.54, 1.807) is 7.11 Å². The molecule has 0 heterocycles. The lowest BCUT2D eigenvalue weighted by Crippen LogP contribution is -2.38. The van der Waals surface area contributed by atoms with Gasteiger partial charge in [-0.15, -0.1) is 0 Å². The van der Waals surface area contributed by atoms with Gasteiger partial charge in [-0.2, -0.15) is 0 Å². The van der Waals surface area contributed by atoms with Crippen molar-refractivity contribution >= 4 is 5.97 Å². The average molecular weight is 412 g/mol. The number of ether oxygens (including phenoxy) is 2. The quantitative estimate of drug-likeness (QED) is 0.360. The number of esters is 1. The van der Waals surface area contributed by atoms with Gasteiger partial charge < -0.3 is 9.47 Å². The molecule has 0 radical (unpaired) electrons. The Morgan fingerprint density at radius 1 is 0.933 bits per heavy atom. The third-order valence-electron chi connectivity index (χ3n) is 5.48. The first-order chi connectivity index (χ1) is 14.2. The number of carbonyl (C=O) groups excluding carboxylic acids is 1. The molecule has 0 saturated carbocycles. The molecule has 0 aliphatic rings. The molecule has 0 saturated heterocycles. The van der Waals surface area contributed by atoms with Gasteiger partial charge in [0.05, 0.1) is 13.0 Å². The van der Waals surface area contributed by atoms with Crippen molar-refractivity contribution in [2.24, 2.45) is 5.92 Å². The van der Waals surface area contributed by atoms with E-state index < -0.39 is 0 Å². The maximum absolute atomic E-state index is 12.4. The Balaban J connectivity index is 2.48. The van der Waals surface area contributed by atoms with Crippen molar-refractivity contribution in [3.8, 4) is 11.5 Å². The lowest BCUT2D eigenvalue weighted by molar-refractivity contribution is -0.137. The first-order valence-electron chi connectivity index (χ1n) is 10.9. The Labute approximate surface area is 182 Å². The highest BCUT2D eigenvalue weighted by Gasteiger charge is 2.24. The predicted molar refractivity (Wildman–Crippen MR) is 123 cm³/mol. The van der Waals surface area contributed by atoms with E-state index in [1.807, 2.05) is 38.1 Å². The summed E-state index contributed by atoms with van der Waals surface area (Å²) >= 11 is 0. The van der Waals surface area contributed by atoms with Crippen LogP contribution < -0.4 is 9.47 Å². The average Bonchev–Trinajstić information content (AvgIpc) is 2.71. The number of carbonyl (C=O) groups is 1. The number of methoxy groups -OCH3 is 1. The predicted octanol–water partition coefficient (Wildman–Crippen LogP) is 5.90. The highest BCUT2D eigenvalue weighted by Crippen LogP contribution is 2.37. The van der Waals surface area contributed by atoms with Crippen LogP contribution in [0.2, 0.25) is 0 Å². The Kier molecular flexibility index (Phi) is 8.91. The molecular weight excluding hydrogens is 374 g/mol. The second-order valence-corrected chi connectivity index (χ2v) is 8.66. The summed E-state index contributed by atoms with van der Waals surface area (Å²) < 4.78 is 11.3. The minimum atomic E-state index is -0.223. The molecule has 0 bridgehead atoms. The van der Waals surface area contributed by atoms with Crippen LogP contribution in [0.15, 0.2) is 48.5 Å². The summed E-state index contributed by atoms with van der Waals surface area (Å²) in [6, 6.07) is 17.1. The van der Waals surface area contributed by atoms with E-state index >= 15 is 0 Å². The van der Waals surface area contributed by atoms with Crippen molar-refractivity contribution in [1.82, 2.24) is 4.90 Å². The molecule has 0 fully saturated rings. The third-order valence-corrected chi connectivity index (χ3v) is 5.48. The van der Waals surface area contributed by atoms with Crippen LogP contribution in [0.1, 0.15) is 65.0 Å². The van der Waals surface area contributed by atoms with Crippen LogP contribution in [0, 0.1) is 5.92 Å². The Morgan fingerprint density at radius 2 is 1.57 bits per heavy atom. The van der Waals surface area contributed by atoms with Crippen LogP contribution in [-0.2, 0) is 4.79 Å². The fraction of sp³-hybridized carbons (Fsp3) is 0.500. The van der Waals surface area contributed by atoms with E-state index in [4.69, 9.17) is 9.47 Å². The SMILES string of the molecule is COc1ccc(OC(=O)C(C)C)c([C@H](CCN(C(C)C)C(C)C)c2ccccc2)c1. The second-order valence-electron chi connectivity index (χ2n) is 8.66. The summed E-state index contributed by atoms with van der Waals surface area (Å²) in [6.07, 6.45) is 0.916. The molecule has 0 spiro atoms. The molecule has 0 aliphatic carbocycles. The van der Waals surface area contributed by atoms with E-state index in [2.05, 4.69) is 56.9 Å². The van der Waals surface area contributed by atoms with Crippen LogP contribution in [-0.4, -0.2) is 36.6 Å². The molecule has 2 rings (SSSR count). The zero-order valence-electron chi connectivity index (χ0n) is 19.5. The van der Waals surface area contributed by atoms with Crippen molar-refractivity contribution < 1.29 is 14.3 Å². The van der Waals surface area contributed by atoms with Crippen LogP contribution in [0.4, 0.5) is 0 Å². The number of hydrogen-bond donors (Lipinski definition) is 0. The lowest BCUT2D eigenvalue weighted by Gasteiger charge is -2.32. The van der Waals surface area contributed by atoms with Crippen molar-refractivity contribution in [1.29, 1.82) is 0 Å². The second kappa shape index (κ2) is 11.2. The van der Waals surface area contributed by atoms with Crippen LogP contribution in [0.25, 0.3) is 0 Å². The molecular formula is C26H37NO3. The molecule has 4 nitrogen and oxygen atoms in total. The first kappa shape index (κ1) is 23.9. The van der Waals surface area contributed by atoms with Crippen molar-refractivity contribution in [3.63, 3.8) is 0 Å². The highest BCUT2D eigenvalue weighted by molar-refractivity contribution is 5.75. The largest absolute Gasteiger partial charge is 0.497 e. The fourth-order valence-corrected chi connectivity index (χ4v) is 3.82. The van der Waals surface area contributed by atoms with Gasteiger partial charge >= 0.3 is 5.97 Å². The molecule has 2 aromatic carbocycles. The summed E-state index contributed by atoms with van der Waals surface area (Å²) in [4.78, 5) is 14.9. The summed E-state index contributed by atoms with van der Waals surface area (Å²) in [7, 11) is 1.66. The minimum absolute atomic E-state index is 0.0938. The molecule has 0 aromatic heterocycles. The van der Waals surface area contributed by atoms with Crippen molar-refractivity contribution in [3.05, 3.63) is 59.7 Å². The van der Waals surface area contributed by atoms with Gasteiger partial charge in [0.15, 0.2) is 0 Å². The van der Waals surface area contributed by atoms with Gasteiger partial charge in [-0.1, -0.05) is 44.2 Å². The van der Waals surface area contributed by atoms with Gasteiger partial charge in [-0.3, -0.25) is 9.69 Å². The number of nitrogens with zero attached hydrogens (tertiary/aromatic N) is 1. The molecule has 0 amide bonds. The summed E-state index contributed by atoms with van der Waals surface area (Å²) in [6.45, 7) is 13.6. The maximum atomic E-state index is 12.4.